The molecule has 0 spiro atoms. The fourth-order valence-electron chi connectivity index (χ4n) is 3.71. The Morgan fingerprint density at radius 1 is 0.933 bits per heavy atom. The van der Waals surface area contributed by atoms with E-state index in [2.05, 4.69) is 83.3 Å². The summed E-state index contributed by atoms with van der Waals surface area (Å²) in [5.41, 5.74) is 5.63. The topological polar surface area (TPSA) is 33.3 Å². The van der Waals surface area contributed by atoms with Crippen molar-refractivity contribution in [1.82, 2.24) is 4.72 Å². The molecule has 0 amide bonds. The second-order valence-electron chi connectivity index (χ2n) is 7.55. The van der Waals surface area contributed by atoms with Gasteiger partial charge in [-0.05, 0) is 77.9 Å². The number of para-hydroxylation sites is 1. The van der Waals surface area contributed by atoms with Crippen molar-refractivity contribution in [1.29, 1.82) is 0 Å². The molecule has 2 N–H and O–H groups in total. The molecule has 5 rings (SSSR count). The van der Waals surface area contributed by atoms with Gasteiger partial charge < -0.3 is 10.1 Å². The Balaban J connectivity index is 1.31. The largest absolute Gasteiger partial charge is 0.381 e. The first-order valence-electron chi connectivity index (χ1n) is 10.2. The smallest absolute Gasteiger partial charge is 0.0532 e. The lowest BCUT2D eigenvalue weighted by Gasteiger charge is -2.22. The van der Waals surface area contributed by atoms with Crippen LogP contribution in [0.15, 0.2) is 88.0 Å². The van der Waals surface area contributed by atoms with Crippen LogP contribution < -0.4 is 10.0 Å². The van der Waals surface area contributed by atoms with E-state index in [1.165, 1.54) is 14.7 Å². The molecule has 0 atom stereocenters. The van der Waals surface area contributed by atoms with Crippen molar-refractivity contribution in [2.75, 3.05) is 18.5 Å². The summed E-state index contributed by atoms with van der Waals surface area (Å²) < 4.78 is 9.03. The second-order valence-corrected chi connectivity index (χ2v) is 9.54. The third-order valence-electron chi connectivity index (χ3n) is 5.45. The van der Waals surface area contributed by atoms with Crippen LogP contribution in [-0.2, 0) is 4.74 Å². The third-order valence-corrected chi connectivity index (χ3v) is 7.54. The van der Waals surface area contributed by atoms with Crippen LogP contribution in [0.3, 0.4) is 0 Å². The Kier molecular flexibility index (Phi) is 5.86. The monoisotopic (exact) mass is 432 g/mol. The summed E-state index contributed by atoms with van der Waals surface area (Å²) in [6.45, 7) is 6.10. The lowest BCUT2D eigenvalue weighted by Crippen LogP contribution is -2.30. The van der Waals surface area contributed by atoms with Gasteiger partial charge in [0, 0.05) is 33.9 Å². The Morgan fingerprint density at radius 3 is 2.63 bits per heavy atom. The van der Waals surface area contributed by atoms with Gasteiger partial charge in [0.05, 0.1) is 11.4 Å². The van der Waals surface area contributed by atoms with Crippen molar-refractivity contribution in [2.24, 2.45) is 0 Å². The molecule has 2 heterocycles. The summed E-state index contributed by atoms with van der Waals surface area (Å²) >= 11 is 3.52. The fraction of sp³-hybridized carbons (Fsp3) is 0.200. The fourth-order valence-corrected chi connectivity index (χ4v) is 5.55. The molecule has 2 aliphatic rings. The first-order valence-corrected chi connectivity index (χ1v) is 11.9. The van der Waals surface area contributed by atoms with Crippen LogP contribution in [-0.4, -0.2) is 19.3 Å². The molecule has 0 aliphatic carbocycles. The van der Waals surface area contributed by atoms with Crippen LogP contribution in [0.4, 0.5) is 11.4 Å². The number of anilines is 2. The van der Waals surface area contributed by atoms with Crippen molar-refractivity contribution in [3.05, 3.63) is 84.4 Å². The van der Waals surface area contributed by atoms with Crippen LogP contribution in [0.1, 0.15) is 24.0 Å². The van der Waals surface area contributed by atoms with E-state index in [4.69, 9.17) is 4.74 Å². The molecule has 3 aromatic rings. The molecule has 0 bridgehead atoms. The number of hydrogen-bond donors (Lipinski definition) is 2. The Bertz CT molecular complexity index is 1080. The number of hydrogen-bond acceptors (Lipinski definition) is 5. The van der Waals surface area contributed by atoms with Crippen LogP contribution in [0.25, 0.3) is 5.57 Å². The lowest BCUT2D eigenvalue weighted by atomic mass is 9.99. The van der Waals surface area contributed by atoms with Gasteiger partial charge in [0.25, 0.3) is 0 Å². The van der Waals surface area contributed by atoms with Crippen molar-refractivity contribution in [3.63, 3.8) is 0 Å². The third kappa shape index (κ3) is 4.30. The van der Waals surface area contributed by atoms with Crippen LogP contribution in [0, 0.1) is 0 Å². The molecule has 3 aromatic carbocycles. The molecule has 2 aliphatic heterocycles. The van der Waals surface area contributed by atoms with Crippen LogP contribution >= 0.6 is 23.7 Å². The zero-order valence-corrected chi connectivity index (χ0v) is 18.3. The first kappa shape index (κ1) is 19.8. The molecule has 0 aromatic heterocycles. The standard InChI is InChI=1S/C25H24N2OS2/c1-17(18-5-4-6-21(15-18)30-27-20-11-13-28-14-12-20)19-9-10-25-23(16-19)26-22-7-2-3-8-24(22)29-25/h2-10,15-16,20,26-27H,1,11-14H2. The highest BCUT2D eigenvalue weighted by Gasteiger charge is 2.17. The lowest BCUT2D eigenvalue weighted by molar-refractivity contribution is 0.0838. The van der Waals surface area contributed by atoms with Crippen molar-refractivity contribution >= 4 is 40.7 Å². The highest BCUT2D eigenvalue weighted by Crippen LogP contribution is 2.45. The minimum atomic E-state index is 0.516. The van der Waals surface area contributed by atoms with Gasteiger partial charge in [0.2, 0.25) is 0 Å². The molecule has 0 saturated carbocycles. The van der Waals surface area contributed by atoms with E-state index in [1.54, 1.807) is 11.9 Å². The minimum Gasteiger partial charge on any atom is -0.381 e. The zero-order chi connectivity index (χ0) is 20.3. The minimum absolute atomic E-state index is 0.516. The summed E-state index contributed by atoms with van der Waals surface area (Å²) in [6.07, 6.45) is 2.14. The van der Waals surface area contributed by atoms with Gasteiger partial charge in [-0.1, -0.05) is 48.7 Å². The number of ether oxygens (including phenoxy) is 1. The van der Waals surface area contributed by atoms with Crippen LogP contribution in [0.2, 0.25) is 0 Å². The summed E-state index contributed by atoms with van der Waals surface area (Å²) in [7, 11) is 0. The van der Waals surface area contributed by atoms with Gasteiger partial charge in [-0.2, -0.15) is 0 Å². The molecule has 30 heavy (non-hydrogen) atoms. The predicted molar refractivity (Wildman–Crippen MR) is 128 cm³/mol. The van der Waals surface area contributed by atoms with Crippen molar-refractivity contribution in [3.8, 4) is 0 Å². The quantitative estimate of drug-likeness (QED) is 0.342. The molecule has 0 radical (unpaired) electrons. The first-order chi connectivity index (χ1) is 14.8. The molecule has 3 nitrogen and oxygen atoms in total. The molecule has 5 heteroatoms. The summed E-state index contributed by atoms with van der Waals surface area (Å²) in [5, 5.41) is 3.57. The Labute approximate surface area is 186 Å². The normalized spacial score (nSPS) is 15.7. The number of benzene rings is 3. The highest BCUT2D eigenvalue weighted by atomic mass is 32.2. The predicted octanol–water partition coefficient (Wildman–Crippen LogP) is 6.73. The van der Waals surface area contributed by atoms with E-state index in [9.17, 15) is 0 Å². The van der Waals surface area contributed by atoms with Crippen molar-refractivity contribution < 1.29 is 4.74 Å². The maximum absolute atomic E-state index is 5.44. The average Bonchev–Trinajstić information content (AvgIpc) is 2.81. The molecule has 1 fully saturated rings. The summed E-state index contributed by atoms with van der Waals surface area (Å²) in [6, 6.07) is 24.1. The molecule has 0 unspecified atom stereocenters. The number of fused-ring (bicyclic) bond motifs is 2. The van der Waals surface area contributed by atoms with Crippen molar-refractivity contribution in [2.45, 2.75) is 33.6 Å². The summed E-state index contributed by atoms with van der Waals surface area (Å²) in [4.78, 5) is 3.72. The van der Waals surface area contributed by atoms with E-state index in [0.717, 1.165) is 54.1 Å². The Morgan fingerprint density at radius 2 is 1.73 bits per heavy atom. The second kappa shape index (κ2) is 8.90. The van der Waals surface area contributed by atoms with E-state index in [0.29, 0.717) is 6.04 Å². The molecule has 1 saturated heterocycles. The SMILES string of the molecule is C=C(c1cccc(SNC2CCOCC2)c1)c1ccc2c(c1)Nc1ccccc1S2. The molecule has 152 valence electrons. The highest BCUT2D eigenvalue weighted by molar-refractivity contribution is 7.99. The van der Waals surface area contributed by atoms with Crippen LogP contribution in [0.5, 0.6) is 0 Å². The molecular weight excluding hydrogens is 408 g/mol. The van der Waals surface area contributed by atoms with E-state index in [1.807, 2.05) is 11.8 Å². The molecular formula is C25H24N2OS2. The van der Waals surface area contributed by atoms with Gasteiger partial charge in [-0.3, -0.25) is 4.72 Å². The van der Waals surface area contributed by atoms with Gasteiger partial charge in [0.1, 0.15) is 0 Å². The Hall–Kier alpha value is -2.18. The van der Waals surface area contributed by atoms with Gasteiger partial charge in [-0.25, -0.2) is 0 Å². The maximum atomic E-state index is 5.44. The average molecular weight is 433 g/mol. The van der Waals surface area contributed by atoms with Gasteiger partial charge >= 0.3 is 0 Å². The van der Waals surface area contributed by atoms with E-state index >= 15 is 0 Å². The zero-order valence-electron chi connectivity index (χ0n) is 16.7. The number of rotatable bonds is 5. The summed E-state index contributed by atoms with van der Waals surface area (Å²) in [5.74, 6) is 0. The number of nitrogens with one attached hydrogen (secondary N) is 2. The maximum Gasteiger partial charge on any atom is 0.0532 e. The van der Waals surface area contributed by atoms with E-state index < -0.39 is 0 Å². The van der Waals surface area contributed by atoms with E-state index in [-0.39, 0.29) is 0 Å². The van der Waals surface area contributed by atoms with Gasteiger partial charge in [-0.15, -0.1) is 0 Å². The van der Waals surface area contributed by atoms with Gasteiger partial charge in [0.15, 0.2) is 0 Å².